The molecule has 11 heteroatoms. The molecule has 0 spiro atoms. The van der Waals surface area contributed by atoms with E-state index in [9.17, 15) is 0 Å². The van der Waals surface area contributed by atoms with Gasteiger partial charge in [-0.05, 0) is 23.6 Å². The summed E-state index contributed by atoms with van der Waals surface area (Å²) >= 11 is 7.28. The van der Waals surface area contributed by atoms with Gasteiger partial charge < -0.3 is 29.4 Å². The molecule has 0 amide bonds. The van der Waals surface area contributed by atoms with Gasteiger partial charge in [0.25, 0.3) is 0 Å². The molecule has 0 rings (SSSR count). The molecule has 0 aliphatic carbocycles. The van der Waals surface area contributed by atoms with Crippen LogP contribution in [0.4, 0.5) is 0 Å². The van der Waals surface area contributed by atoms with E-state index in [0.717, 1.165) is 0 Å². The number of rotatable bonds is 3. The maximum Gasteiger partial charge on any atom is 0.319 e. The normalized spacial score (nSPS) is 10.2. The Balaban J connectivity index is -0.000000160. The van der Waals surface area contributed by atoms with E-state index < -0.39 is 13.4 Å². The van der Waals surface area contributed by atoms with Crippen LogP contribution in [0.5, 0.6) is 0 Å². The van der Waals surface area contributed by atoms with Crippen molar-refractivity contribution in [3.63, 3.8) is 0 Å². The van der Waals surface area contributed by atoms with Gasteiger partial charge in [-0.25, -0.2) is 0 Å². The quantitative estimate of drug-likeness (QED) is 0.246. The smallest absolute Gasteiger partial charge is 0.319 e. The predicted octanol–water partition coefficient (Wildman–Crippen LogP) is 0.711. The van der Waals surface area contributed by atoms with Crippen LogP contribution < -0.4 is 0 Å². The summed E-state index contributed by atoms with van der Waals surface area (Å²) in [6, 6.07) is 0. The van der Waals surface area contributed by atoms with Crippen molar-refractivity contribution in [1.29, 1.82) is 0 Å². The average Bonchev–Trinajstić information content (AvgIpc) is 1.94. The fourth-order valence-electron chi connectivity index (χ4n) is 0.500. The van der Waals surface area contributed by atoms with Crippen molar-refractivity contribution in [3.05, 3.63) is 0 Å². The maximum atomic E-state index is 7.56. The maximum absolute atomic E-state index is 7.56. The molecule has 0 fully saturated rings. The molecule has 0 bridgehead atoms. The molecular formula is C5H18O6P2S2Zn. The monoisotopic (exact) mass is 364 g/mol. The molecule has 0 heterocycles. The molecule has 0 unspecified atom stereocenters. The van der Waals surface area contributed by atoms with Crippen LogP contribution >= 0.6 is 13.4 Å². The summed E-state index contributed by atoms with van der Waals surface area (Å²) in [4.78, 5) is 45.3. The first-order valence-corrected chi connectivity index (χ1v) is 14.0. The van der Waals surface area contributed by atoms with Crippen molar-refractivity contribution in [2.75, 3.05) is 0 Å². The Morgan fingerprint density at radius 3 is 1.19 bits per heavy atom. The van der Waals surface area contributed by atoms with Gasteiger partial charge in [0.05, 0.1) is 0 Å². The molecule has 0 aromatic heterocycles. The third kappa shape index (κ3) is 154. The molecule has 0 aromatic rings. The Bertz CT molecular complexity index is 188. The van der Waals surface area contributed by atoms with Crippen LogP contribution in [-0.2, 0) is 40.7 Å². The van der Waals surface area contributed by atoms with Crippen molar-refractivity contribution in [1.82, 2.24) is 0 Å². The first-order chi connectivity index (χ1) is 6.91. The molecule has 6 nitrogen and oxygen atoms in total. The second-order valence-corrected chi connectivity index (χ2v) is 12.8. The van der Waals surface area contributed by atoms with E-state index >= 15 is 0 Å². The minimum Gasteiger partial charge on any atom is -0.325 e. The minimum absolute atomic E-state index is 0.0747. The molecule has 0 saturated heterocycles. The Morgan fingerprint density at radius 1 is 0.875 bits per heavy atom. The van der Waals surface area contributed by atoms with E-state index in [1.54, 1.807) is 10.0 Å². The van der Waals surface area contributed by atoms with Gasteiger partial charge in [0.1, 0.15) is 0 Å². The zero-order valence-electron chi connectivity index (χ0n) is 9.22. The minimum atomic E-state index is -3.81. The average molecular weight is 366 g/mol. The van der Waals surface area contributed by atoms with Gasteiger partial charge in [-0.15, -0.1) is 0 Å². The summed E-state index contributed by atoms with van der Waals surface area (Å²) in [6.07, 6.45) is 1.44. The third-order valence-corrected chi connectivity index (χ3v) is 4.97. The van der Waals surface area contributed by atoms with E-state index in [0.29, 0.717) is 0 Å². The molecule has 98 valence electrons. The summed E-state index contributed by atoms with van der Waals surface area (Å²) in [5.41, 5.74) is 0. The molecular weight excluding hydrogens is 348 g/mol. The standard InChI is InChI=1S/C3H7.C2H5.2H3O3PS.Zn/c1-3-2;1-2;2*1-4(2,3)5;/h1,3H2,2H3;1H2,2H3;2*(H3,1,2,3,5);. The third-order valence-electron chi connectivity index (χ3n) is 0.957. The van der Waals surface area contributed by atoms with Crippen molar-refractivity contribution >= 4 is 37.1 Å². The van der Waals surface area contributed by atoms with Gasteiger partial charge in [-0.3, -0.25) is 0 Å². The summed E-state index contributed by atoms with van der Waals surface area (Å²) in [5, 5.41) is 3.14. The second kappa shape index (κ2) is 13.1. The summed E-state index contributed by atoms with van der Waals surface area (Å²) in [6.45, 7) is -3.02. The zero-order valence-corrected chi connectivity index (χ0v) is 15.6. The van der Waals surface area contributed by atoms with E-state index in [1.807, 2.05) is 0 Å². The van der Waals surface area contributed by atoms with Crippen molar-refractivity contribution in [2.24, 2.45) is 0 Å². The first-order valence-electron chi connectivity index (χ1n) is 4.48. The van der Waals surface area contributed by atoms with Crippen molar-refractivity contribution < 1.29 is 46.5 Å². The molecule has 0 aliphatic heterocycles. The van der Waals surface area contributed by atoms with Crippen LogP contribution in [0, 0.1) is 0 Å². The molecule has 6 N–H and O–H groups in total. The van der Waals surface area contributed by atoms with Crippen LogP contribution in [0.3, 0.4) is 0 Å². The number of hydrogen-bond donors (Lipinski definition) is 6. The summed E-state index contributed by atoms with van der Waals surface area (Å²) in [7, 11) is 0. The molecule has 0 saturated carbocycles. The Hall–Kier alpha value is 1.68. The van der Waals surface area contributed by atoms with Crippen molar-refractivity contribution in [2.45, 2.75) is 30.3 Å². The summed E-state index contributed by atoms with van der Waals surface area (Å²) in [5.74, 6) is 0. The largest absolute Gasteiger partial charge is 0.325 e. The van der Waals surface area contributed by atoms with Crippen LogP contribution in [0.15, 0.2) is 0 Å². The topological polar surface area (TPSA) is 121 Å². The Labute approximate surface area is 113 Å². The van der Waals surface area contributed by atoms with Gasteiger partial charge in [0.15, 0.2) is 0 Å². The fourth-order valence-corrected chi connectivity index (χ4v) is 2.60. The first kappa shape index (κ1) is 22.8. The Kier molecular flexibility index (Phi) is 18.7. The van der Waals surface area contributed by atoms with Gasteiger partial charge >= 0.3 is 60.9 Å². The van der Waals surface area contributed by atoms with Crippen LogP contribution in [0.2, 0.25) is 10.0 Å². The molecule has 16 heavy (non-hydrogen) atoms. The molecule has 0 aromatic carbocycles. The number of hydrogen-bond acceptors (Lipinski definition) is 2. The fraction of sp³-hybridized carbons (Fsp3) is 1.00. The van der Waals surface area contributed by atoms with E-state index in [4.69, 9.17) is 29.4 Å². The summed E-state index contributed by atoms with van der Waals surface area (Å²) < 4.78 is 0. The van der Waals surface area contributed by atoms with Gasteiger partial charge in [0.2, 0.25) is 0 Å². The SMILES string of the molecule is CC[CH2][Zn][CH2]C.OP(O)(O)=S.OP(O)(O)=S. The molecule has 0 radical (unpaired) electrons. The molecule has 0 aliphatic rings. The van der Waals surface area contributed by atoms with E-state index in [-0.39, 0.29) is 17.1 Å². The van der Waals surface area contributed by atoms with E-state index in [1.165, 1.54) is 6.42 Å². The van der Waals surface area contributed by atoms with Crippen LogP contribution in [0.25, 0.3) is 0 Å². The Morgan fingerprint density at radius 2 is 1.12 bits per heavy atom. The van der Waals surface area contributed by atoms with Gasteiger partial charge in [0, 0.05) is 0 Å². The van der Waals surface area contributed by atoms with Crippen LogP contribution in [0.1, 0.15) is 20.3 Å². The predicted molar refractivity (Wildman–Crippen MR) is 67.5 cm³/mol. The zero-order chi connectivity index (χ0) is 13.8. The van der Waals surface area contributed by atoms with E-state index in [2.05, 4.69) is 37.5 Å². The second-order valence-electron chi connectivity index (χ2n) is 2.73. The van der Waals surface area contributed by atoms with Gasteiger partial charge in [-0.1, -0.05) is 0 Å². The van der Waals surface area contributed by atoms with Crippen LogP contribution in [-0.4, -0.2) is 29.4 Å². The molecule has 0 atom stereocenters. The van der Waals surface area contributed by atoms with Gasteiger partial charge in [-0.2, -0.15) is 0 Å². The van der Waals surface area contributed by atoms with Crippen molar-refractivity contribution in [3.8, 4) is 0 Å².